The lowest BCUT2D eigenvalue weighted by Crippen LogP contribution is -2.41. The topological polar surface area (TPSA) is 71.5 Å². The number of aromatic carboxylic acids is 1. The highest BCUT2D eigenvalue weighted by Gasteiger charge is 2.29. The van der Waals surface area contributed by atoms with Crippen LogP contribution in [0.15, 0.2) is 12.1 Å². The molecule has 0 unspecified atom stereocenters. The number of nitrogens with zero attached hydrogens (tertiary/aromatic N) is 1. The molecule has 1 fully saturated rings. The molecule has 1 heterocycles. The van der Waals surface area contributed by atoms with E-state index in [-0.39, 0.29) is 5.56 Å². The van der Waals surface area contributed by atoms with Crippen LogP contribution in [0.5, 0.6) is 0 Å². The van der Waals surface area contributed by atoms with Crippen molar-refractivity contribution in [3.05, 3.63) is 23.4 Å². The Kier molecular flexibility index (Phi) is 3.81. The van der Waals surface area contributed by atoms with E-state index in [0.29, 0.717) is 17.8 Å². The van der Waals surface area contributed by atoms with Crippen molar-refractivity contribution in [2.24, 2.45) is 0 Å². The van der Waals surface area contributed by atoms with E-state index in [1.54, 1.807) is 19.1 Å². The molecule has 1 aromatic rings. The SMILES string of the molecule is CCOC1CC(Nc2ccc(C(=O)O)c(C)n2)C1. The largest absolute Gasteiger partial charge is 0.478 e. The highest BCUT2D eigenvalue weighted by atomic mass is 16.5. The molecule has 0 spiro atoms. The van der Waals surface area contributed by atoms with Gasteiger partial charge < -0.3 is 15.2 Å². The summed E-state index contributed by atoms with van der Waals surface area (Å²) in [6, 6.07) is 3.68. The number of pyridine rings is 1. The fraction of sp³-hybridized carbons (Fsp3) is 0.538. The van der Waals surface area contributed by atoms with E-state index in [9.17, 15) is 4.79 Å². The maximum atomic E-state index is 10.9. The second-order valence-corrected chi connectivity index (χ2v) is 4.52. The molecule has 1 aromatic heterocycles. The number of hydrogen-bond donors (Lipinski definition) is 2. The van der Waals surface area contributed by atoms with Crippen molar-refractivity contribution in [1.29, 1.82) is 0 Å². The monoisotopic (exact) mass is 250 g/mol. The Morgan fingerprint density at radius 2 is 2.28 bits per heavy atom. The molecule has 0 amide bonds. The summed E-state index contributed by atoms with van der Waals surface area (Å²) in [7, 11) is 0. The lowest BCUT2D eigenvalue weighted by Gasteiger charge is -2.35. The number of rotatable bonds is 5. The number of carbonyl (C=O) groups is 1. The molecular weight excluding hydrogens is 232 g/mol. The van der Waals surface area contributed by atoms with E-state index in [4.69, 9.17) is 9.84 Å². The van der Waals surface area contributed by atoms with E-state index in [1.807, 2.05) is 6.92 Å². The maximum absolute atomic E-state index is 10.9. The van der Waals surface area contributed by atoms with Gasteiger partial charge in [0.05, 0.1) is 17.4 Å². The molecule has 18 heavy (non-hydrogen) atoms. The number of hydrogen-bond acceptors (Lipinski definition) is 4. The molecule has 1 aliphatic rings. The van der Waals surface area contributed by atoms with E-state index >= 15 is 0 Å². The average Bonchev–Trinajstić information content (AvgIpc) is 2.26. The molecule has 98 valence electrons. The quantitative estimate of drug-likeness (QED) is 0.837. The summed E-state index contributed by atoms with van der Waals surface area (Å²) in [5.41, 5.74) is 0.787. The fourth-order valence-electron chi connectivity index (χ4n) is 2.13. The number of carboxylic acid groups (broad SMARTS) is 1. The Labute approximate surface area is 106 Å². The van der Waals surface area contributed by atoms with Gasteiger partial charge in [0.1, 0.15) is 5.82 Å². The minimum Gasteiger partial charge on any atom is -0.478 e. The molecular formula is C13H18N2O3. The second-order valence-electron chi connectivity index (χ2n) is 4.52. The van der Waals surface area contributed by atoms with Crippen LogP contribution >= 0.6 is 0 Å². The van der Waals surface area contributed by atoms with Gasteiger partial charge in [-0.25, -0.2) is 9.78 Å². The van der Waals surface area contributed by atoms with Crippen LogP contribution in [0.2, 0.25) is 0 Å². The molecule has 0 aliphatic heterocycles. The average molecular weight is 250 g/mol. The Morgan fingerprint density at radius 3 is 2.83 bits per heavy atom. The summed E-state index contributed by atoms with van der Waals surface area (Å²) in [6.45, 7) is 4.46. The van der Waals surface area contributed by atoms with Crippen LogP contribution in [0.4, 0.5) is 5.82 Å². The maximum Gasteiger partial charge on any atom is 0.337 e. The minimum atomic E-state index is -0.938. The first-order valence-electron chi connectivity index (χ1n) is 6.19. The van der Waals surface area contributed by atoms with Crippen molar-refractivity contribution in [1.82, 2.24) is 4.98 Å². The van der Waals surface area contributed by atoms with Crippen LogP contribution in [-0.4, -0.2) is 34.8 Å². The van der Waals surface area contributed by atoms with Crippen molar-refractivity contribution < 1.29 is 14.6 Å². The van der Waals surface area contributed by atoms with Gasteiger partial charge in [-0.1, -0.05) is 0 Å². The molecule has 5 heteroatoms. The Hall–Kier alpha value is -1.62. The summed E-state index contributed by atoms with van der Waals surface area (Å²) < 4.78 is 5.48. The van der Waals surface area contributed by atoms with E-state index in [2.05, 4.69) is 10.3 Å². The second kappa shape index (κ2) is 5.35. The lowest BCUT2D eigenvalue weighted by molar-refractivity contribution is 0.00292. The summed E-state index contributed by atoms with van der Waals surface area (Å²) >= 11 is 0. The number of aromatic nitrogens is 1. The van der Waals surface area contributed by atoms with Gasteiger partial charge >= 0.3 is 5.97 Å². The molecule has 0 bridgehead atoms. The minimum absolute atomic E-state index is 0.251. The van der Waals surface area contributed by atoms with Gasteiger partial charge in [-0.05, 0) is 38.8 Å². The number of ether oxygens (including phenoxy) is 1. The molecule has 1 saturated carbocycles. The summed E-state index contributed by atoms with van der Waals surface area (Å²) in [4.78, 5) is 15.1. The molecule has 0 atom stereocenters. The fourth-order valence-corrected chi connectivity index (χ4v) is 2.13. The smallest absolute Gasteiger partial charge is 0.337 e. The highest BCUT2D eigenvalue weighted by Crippen LogP contribution is 2.26. The number of carboxylic acids is 1. The van der Waals surface area contributed by atoms with Crippen LogP contribution < -0.4 is 5.32 Å². The Bertz CT molecular complexity index is 442. The summed E-state index contributed by atoms with van der Waals surface area (Å²) in [5.74, 6) is -0.205. The third-order valence-corrected chi connectivity index (χ3v) is 3.17. The van der Waals surface area contributed by atoms with Crippen molar-refractivity contribution in [2.75, 3.05) is 11.9 Å². The third-order valence-electron chi connectivity index (χ3n) is 3.17. The zero-order valence-corrected chi connectivity index (χ0v) is 10.6. The zero-order chi connectivity index (χ0) is 13.1. The van der Waals surface area contributed by atoms with Gasteiger partial charge in [0.25, 0.3) is 0 Å². The molecule has 2 rings (SSSR count). The highest BCUT2D eigenvalue weighted by molar-refractivity contribution is 5.89. The Balaban J connectivity index is 1.92. The van der Waals surface area contributed by atoms with E-state index in [1.165, 1.54) is 0 Å². The number of nitrogens with one attached hydrogen (secondary N) is 1. The molecule has 0 aromatic carbocycles. The van der Waals surface area contributed by atoms with Crippen molar-refractivity contribution in [3.63, 3.8) is 0 Å². The predicted octanol–water partition coefficient (Wildman–Crippen LogP) is 2.07. The van der Waals surface area contributed by atoms with Crippen LogP contribution in [0.3, 0.4) is 0 Å². The summed E-state index contributed by atoms with van der Waals surface area (Å²) in [6.07, 6.45) is 2.32. The van der Waals surface area contributed by atoms with Crippen molar-refractivity contribution >= 4 is 11.8 Å². The van der Waals surface area contributed by atoms with Gasteiger partial charge in [-0.3, -0.25) is 0 Å². The molecule has 0 saturated heterocycles. The van der Waals surface area contributed by atoms with E-state index < -0.39 is 5.97 Å². The van der Waals surface area contributed by atoms with E-state index in [0.717, 1.165) is 25.3 Å². The number of anilines is 1. The standard InChI is InChI=1S/C13H18N2O3/c1-3-18-10-6-9(7-10)15-12-5-4-11(13(16)17)8(2)14-12/h4-5,9-10H,3,6-7H2,1-2H3,(H,14,15)(H,16,17). The first-order chi connectivity index (χ1) is 8.60. The zero-order valence-electron chi connectivity index (χ0n) is 10.6. The van der Waals surface area contributed by atoms with Crippen LogP contribution in [0, 0.1) is 6.92 Å². The third kappa shape index (κ3) is 2.79. The normalized spacial score (nSPS) is 22.3. The molecule has 0 radical (unpaired) electrons. The van der Waals surface area contributed by atoms with Gasteiger partial charge in [0.15, 0.2) is 0 Å². The van der Waals surface area contributed by atoms with Gasteiger partial charge in [0.2, 0.25) is 0 Å². The Morgan fingerprint density at radius 1 is 1.56 bits per heavy atom. The molecule has 5 nitrogen and oxygen atoms in total. The van der Waals surface area contributed by atoms with Crippen LogP contribution in [0.1, 0.15) is 35.8 Å². The molecule has 1 aliphatic carbocycles. The first kappa shape index (κ1) is 12.8. The summed E-state index contributed by atoms with van der Waals surface area (Å²) in [5, 5.41) is 12.2. The van der Waals surface area contributed by atoms with Crippen molar-refractivity contribution in [3.8, 4) is 0 Å². The van der Waals surface area contributed by atoms with Gasteiger partial charge in [0, 0.05) is 12.6 Å². The van der Waals surface area contributed by atoms with Gasteiger partial charge in [-0.15, -0.1) is 0 Å². The van der Waals surface area contributed by atoms with Crippen LogP contribution in [0.25, 0.3) is 0 Å². The van der Waals surface area contributed by atoms with Gasteiger partial charge in [-0.2, -0.15) is 0 Å². The predicted molar refractivity (Wildman–Crippen MR) is 68.0 cm³/mol. The first-order valence-corrected chi connectivity index (χ1v) is 6.19. The van der Waals surface area contributed by atoms with Crippen LogP contribution in [-0.2, 0) is 4.74 Å². The van der Waals surface area contributed by atoms with Crippen molar-refractivity contribution in [2.45, 2.75) is 38.8 Å². The lowest BCUT2D eigenvalue weighted by atomic mass is 9.89. The number of aryl methyl sites for hydroxylation is 1. The molecule has 2 N–H and O–H groups in total.